The maximum Gasteiger partial charge on any atom is 0.358 e. The number of ether oxygens (including phenoxy) is 2. The Kier molecular flexibility index (Phi) is 9.27. The molecule has 1 N–H and O–H groups in total. The molecule has 2 aromatic heterocycles. The lowest BCUT2D eigenvalue weighted by atomic mass is 9.90. The molecule has 7 heteroatoms. The van der Waals surface area contributed by atoms with Gasteiger partial charge in [0, 0.05) is 17.1 Å². The second-order valence-electron chi connectivity index (χ2n) is 8.90. The summed E-state index contributed by atoms with van der Waals surface area (Å²) in [7, 11) is 0. The Labute approximate surface area is 222 Å². The highest BCUT2D eigenvalue weighted by atomic mass is 32.1. The molecule has 0 unspecified atom stereocenters. The third-order valence-electron chi connectivity index (χ3n) is 6.16. The van der Waals surface area contributed by atoms with E-state index in [1.54, 1.807) is 12.1 Å². The number of carbonyl (C=O) groups is 1. The lowest BCUT2D eigenvalue weighted by molar-refractivity contribution is 0.0684. The number of carboxylic acid groups (broad SMARTS) is 1. The van der Waals surface area contributed by atoms with Crippen LogP contribution in [0.15, 0.2) is 72.2 Å². The highest BCUT2D eigenvalue weighted by molar-refractivity contribution is 7.09. The van der Waals surface area contributed by atoms with Crippen molar-refractivity contribution in [2.75, 3.05) is 0 Å². The molecule has 0 aliphatic carbocycles. The molecule has 0 saturated heterocycles. The number of rotatable bonds is 13. The van der Waals surface area contributed by atoms with Gasteiger partial charge in [-0.1, -0.05) is 63.1 Å². The van der Waals surface area contributed by atoms with Crippen LogP contribution in [0.2, 0.25) is 0 Å². The molecule has 0 aliphatic heterocycles. The normalized spacial score (nSPS) is 11.0. The van der Waals surface area contributed by atoms with E-state index in [9.17, 15) is 9.90 Å². The molecule has 4 aromatic rings. The highest BCUT2D eigenvalue weighted by Crippen LogP contribution is 2.28. The van der Waals surface area contributed by atoms with E-state index in [-0.39, 0.29) is 18.1 Å². The molecule has 192 valence electrons. The second-order valence-corrected chi connectivity index (χ2v) is 9.84. The predicted molar refractivity (Wildman–Crippen MR) is 146 cm³/mol. The fraction of sp³-hybridized carbons (Fsp3) is 0.300. The maximum absolute atomic E-state index is 11.3. The van der Waals surface area contributed by atoms with Crippen LogP contribution < -0.4 is 9.47 Å². The van der Waals surface area contributed by atoms with Crippen LogP contribution in [0.25, 0.3) is 11.3 Å². The van der Waals surface area contributed by atoms with Crippen LogP contribution in [0, 0.1) is 0 Å². The summed E-state index contributed by atoms with van der Waals surface area (Å²) < 4.78 is 11.7. The number of pyridine rings is 1. The number of hydrogen-bond donors (Lipinski definition) is 1. The summed E-state index contributed by atoms with van der Waals surface area (Å²) in [6, 6.07) is 20.0. The molecule has 0 fully saturated rings. The predicted octanol–water partition coefficient (Wildman–Crippen LogP) is 7.75. The van der Waals surface area contributed by atoms with E-state index >= 15 is 0 Å². The summed E-state index contributed by atoms with van der Waals surface area (Å²) in [5.41, 5.74) is 4.23. The van der Waals surface area contributed by atoms with Crippen LogP contribution in [-0.2, 0) is 13.2 Å². The average molecular weight is 517 g/mol. The Morgan fingerprint density at radius 1 is 0.946 bits per heavy atom. The van der Waals surface area contributed by atoms with Gasteiger partial charge in [0.2, 0.25) is 0 Å². The van der Waals surface area contributed by atoms with Gasteiger partial charge in [-0.25, -0.2) is 14.8 Å². The first-order chi connectivity index (χ1) is 18.1. The van der Waals surface area contributed by atoms with E-state index in [0.717, 1.165) is 27.6 Å². The molecule has 4 rings (SSSR count). The third kappa shape index (κ3) is 7.17. The van der Waals surface area contributed by atoms with Gasteiger partial charge in [0.25, 0.3) is 0 Å². The van der Waals surface area contributed by atoms with Crippen LogP contribution in [0.3, 0.4) is 0 Å². The zero-order valence-corrected chi connectivity index (χ0v) is 22.0. The number of hydrogen-bond acceptors (Lipinski definition) is 6. The number of nitrogens with zero attached hydrogens (tertiary/aromatic N) is 2. The van der Waals surface area contributed by atoms with Gasteiger partial charge in [-0.05, 0) is 54.2 Å². The number of thiazole rings is 1. The van der Waals surface area contributed by atoms with Gasteiger partial charge in [-0.2, -0.15) is 0 Å². The van der Waals surface area contributed by atoms with Crippen molar-refractivity contribution >= 4 is 17.3 Å². The van der Waals surface area contributed by atoms with Crippen molar-refractivity contribution in [2.45, 2.75) is 58.7 Å². The Balaban J connectivity index is 1.31. The van der Waals surface area contributed by atoms with E-state index in [0.29, 0.717) is 12.5 Å². The maximum atomic E-state index is 11.3. The lowest BCUT2D eigenvalue weighted by Crippen LogP contribution is -2.05. The van der Waals surface area contributed by atoms with E-state index in [2.05, 4.69) is 48.1 Å². The minimum absolute atomic E-state index is 0.106. The summed E-state index contributed by atoms with van der Waals surface area (Å²) in [6.07, 6.45) is 6.29. The Hall–Kier alpha value is -3.71. The summed E-state index contributed by atoms with van der Waals surface area (Å²) in [5.74, 6) is 0.618. The molecule has 2 aromatic carbocycles. The smallest absolute Gasteiger partial charge is 0.358 e. The molecular formula is C30H32N2O4S. The molecule has 2 heterocycles. The molecule has 0 radical (unpaired) electrons. The minimum Gasteiger partial charge on any atom is -0.489 e. The van der Waals surface area contributed by atoms with Crippen molar-refractivity contribution in [1.29, 1.82) is 0 Å². The van der Waals surface area contributed by atoms with Crippen LogP contribution >= 0.6 is 11.3 Å². The lowest BCUT2D eigenvalue weighted by Gasteiger charge is -2.16. The fourth-order valence-electron chi connectivity index (χ4n) is 4.27. The second kappa shape index (κ2) is 13.0. The van der Waals surface area contributed by atoms with Crippen LogP contribution in [-0.4, -0.2) is 21.0 Å². The Morgan fingerprint density at radius 3 is 2.35 bits per heavy atom. The van der Waals surface area contributed by atoms with E-state index in [1.807, 2.05) is 29.6 Å². The molecule has 6 nitrogen and oxygen atoms in total. The summed E-state index contributed by atoms with van der Waals surface area (Å²) in [6.45, 7) is 5.17. The SMILES string of the molecule is CCCC(CCC)c1ccc(OCc2ccc(-c3csc(COc4cccnc4C(=O)O)n3)cc2)cc1. The Morgan fingerprint density at radius 2 is 1.68 bits per heavy atom. The highest BCUT2D eigenvalue weighted by Gasteiger charge is 2.14. The molecule has 0 spiro atoms. The first kappa shape index (κ1) is 26.4. The molecule has 37 heavy (non-hydrogen) atoms. The topological polar surface area (TPSA) is 81.5 Å². The monoisotopic (exact) mass is 516 g/mol. The van der Waals surface area contributed by atoms with Gasteiger partial charge in [-0.15, -0.1) is 11.3 Å². The van der Waals surface area contributed by atoms with E-state index < -0.39 is 5.97 Å². The third-order valence-corrected chi connectivity index (χ3v) is 6.98. The van der Waals surface area contributed by atoms with Crippen LogP contribution in [0.4, 0.5) is 0 Å². The molecule has 0 bridgehead atoms. The zero-order valence-electron chi connectivity index (χ0n) is 21.2. The number of carboxylic acids is 1. The molecule has 0 saturated carbocycles. The van der Waals surface area contributed by atoms with Crippen molar-refractivity contribution in [1.82, 2.24) is 9.97 Å². The number of benzene rings is 2. The molecule has 0 aliphatic rings. The minimum atomic E-state index is -1.12. The molecule has 0 atom stereocenters. The summed E-state index contributed by atoms with van der Waals surface area (Å²) in [4.78, 5) is 19.8. The average Bonchev–Trinajstić information content (AvgIpc) is 3.40. The van der Waals surface area contributed by atoms with Gasteiger partial charge in [0.05, 0.1) is 5.69 Å². The van der Waals surface area contributed by atoms with Crippen molar-refractivity contribution in [3.8, 4) is 22.8 Å². The van der Waals surface area contributed by atoms with Gasteiger partial charge in [0.15, 0.2) is 11.4 Å². The summed E-state index contributed by atoms with van der Waals surface area (Å²) >= 11 is 1.47. The zero-order chi connectivity index (χ0) is 26.0. The van der Waals surface area contributed by atoms with Crippen LogP contribution in [0.5, 0.6) is 11.5 Å². The Bertz CT molecular complexity index is 1280. The van der Waals surface area contributed by atoms with Crippen molar-refractivity contribution in [2.24, 2.45) is 0 Å². The molecule has 0 amide bonds. The van der Waals surface area contributed by atoms with Gasteiger partial charge in [0.1, 0.15) is 24.0 Å². The first-order valence-electron chi connectivity index (χ1n) is 12.6. The fourth-order valence-corrected chi connectivity index (χ4v) is 4.98. The van der Waals surface area contributed by atoms with Crippen molar-refractivity contribution < 1.29 is 19.4 Å². The number of aromatic carboxylic acids is 1. The largest absolute Gasteiger partial charge is 0.489 e. The van der Waals surface area contributed by atoms with E-state index in [4.69, 9.17) is 9.47 Å². The molecular weight excluding hydrogens is 484 g/mol. The van der Waals surface area contributed by atoms with Crippen molar-refractivity contribution in [3.05, 3.63) is 94.1 Å². The quantitative estimate of drug-likeness (QED) is 0.196. The van der Waals surface area contributed by atoms with Crippen molar-refractivity contribution in [3.63, 3.8) is 0 Å². The number of aromatic nitrogens is 2. The van der Waals surface area contributed by atoms with Gasteiger partial charge >= 0.3 is 5.97 Å². The van der Waals surface area contributed by atoms with E-state index in [1.165, 1.54) is 48.8 Å². The van der Waals surface area contributed by atoms with Gasteiger partial charge < -0.3 is 14.6 Å². The summed E-state index contributed by atoms with van der Waals surface area (Å²) in [5, 5.41) is 12.0. The van der Waals surface area contributed by atoms with Crippen LogP contribution in [0.1, 0.15) is 72.1 Å². The first-order valence-corrected chi connectivity index (χ1v) is 13.5. The standard InChI is InChI=1S/C30H32N2O4S/c1-3-6-22(7-4-2)23-13-15-25(16-14-23)35-18-21-9-11-24(12-10-21)26-20-37-28(32-26)19-36-27-8-5-17-31-29(27)30(33)34/h5,8-17,20,22H,3-4,6-7,18-19H2,1-2H3,(H,33,34). The van der Waals surface area contributed by atoms with Gasteiger partial charge in [-0.3, -0.25) is 0 Å².